The third kappa shape index (κ3) is 48.3. The Labute approximate surface area is 410 Å². The van der Waals surface area contributed by atoms with E-state index in [1.807, 2.05) is 0 Å². The molecular formula is C60H111NO5. The number of esters is 1. The molecule has 0 aromatic rings. The highest BCUT2D eigenvalue weighted by atomic mass is 16.5. The smallest absolute Gasteiger partial charge is 0.306 e. The first-order valence-corrected chi connectivity index (χ1v) is 28.9. The number of ether oxygens (including phenoxy) is 1. The van der Waals surface area contributed by atoms with E-state index in [1.54, 1.807) is 0 Å². The highest BCUT2D eigenvalue weighted by molar-refractivity contribution is 5.77. The molecule has 0 aliphatic carbocycles. The van der Waals surface area contributed by atoms with E-state index in [0.29, 0.717) is 19.3 Å². The van der Waals surface area contributed by atoms with E-state index in [2.05, 4.69) is 74.7 Å². The largest absolute Gasteiger partial charge is 0.462 e. The number of hydrogen-bond acceptors (Lipinski definition) is 5. The van der Waals surface area contributed by atoms with Crippen LogP contribution in [0.5, 0.6) is 0 Å². The van der Waals surface area contributed by atoms with Gasteiger partial charge in [-0.1, -0.05) is 249 Å². The average molecular weight is 927 g/mol. The molecule has 1 amide bonds. The molecule has 3 N–H and O–H groups in total. The second-order valence-corrected chi connectivity index (χ2v) is 19.7. The molecule has 0 spiro atoms. The molecule has 0 rings (SSSR count). The Bertz CT molecular complexity index is 1130. The highest BCUT2D eigenvalue weighted by Crippen LogP contribution is 2.18. The highest BCUT2D eigenvalue weighted by Gasteiger charge is 2.24. The van der Waals surface area contributed by atoms with E-state index in [-0.39, 0.29) is 24.9 Å². The van der Waals surface area contributed by atoms with Crippen molar-refractivity contribution in [1.29, 1.82) is 0 Å². The molecule has 0 aromatic carbocycles. The van der Waals surface area contributed by atoms with Crippen molar-refractivity contribution in [2.75, 3.05) is 6.61 Å². The van der Waals surface area contributed by atoms with Crippen LogP contribution < -0.4 is 5.32 Å². The Morgan fingerprint density at radius 2 is 0.818 bits per heavy atom. The summed E-state index contributed by atoms with van der Waals surface area (Å²) in [6.07, 6.45) is 66.2. The first kappa shape index (κ1) is 63.8. The van der Waals surface area contributed by atoms with Gasteiger partial charge >= 0.3 is 5.97 Å². The van der Waals surface area contributed by atoms with Gasteiger partial charge < -0.3 is 20.3 Å². The zero-order valence-electron chi connectivity index (χ0n) is 44.1. The molecule has 3 unspecified atom stereocenters. The second-order valence-electron chi connectivity index (χ2n) is 19.7. The predicted octanol–water partition coefficient (Wildman–Crippen LogP) is 17.8. The number of carbonyl (C=O) groups is 2. The Morgan fingerprint density at radius 3 is 1.27 bits per heavy atom. The number of amides is 1. The Morgan fingerprint density at radius 1 is 0.455 bits per heavy atom. The summed E-state index contributed by atoms with van der Waals surface area (Å²) in [6.45, 7) is 6.39. The van der Waals surface area contributed by atoms with Gasteiger partial charge in [0.2, 0.25) is 5.91 Å². The average Bonchev–Trinajstić information content (AvgIpc) is 3.31. The minimum Gasteiger partial charge on any atom is -0.462 e. The minimum absolute atomic E-state index is 0.0494. The van der Waals surface area contributed by atoms with E-state index < -0.39 is 18.2 Å². The summed E-state index contributed by atoms with van der Waals surface area (Å²) < 4.78 is 5.93. The van der Waals surface area contributed by atoms with Crippen LogP contribution >= 0.6 is 0 Å². The number of allylic oxidation sites excluding steroid dienone is 8. The quantitative estimate of drug-likeness (QED) is 0.0321. The fourth-order valence-corrected chi connectivity index (χ4v) is 8.79. The van der Waals surface area contributed by atoms with Crippen molar-refractivity contribution in [3.8, 4) is 0 Å². The van der Waals surface area contributed by atoms with Crippen LogP contribution in [-0.2, 0) is 14.3 Å². The lowest BCUT2D eigenvalue weighted by Gasteiger charge is -2.24. The van der Waals surface area contributed by atoms with Gasteiger partial charge in [0, 0.05) is 6.42 Å². The molecule has 6 nitrogen and oxygen atoms in total. The fourth-order valence-electron chi connectivity index (χ4n) is 8.79. The van der Waals surface area contributed by atoms with Crippen molar-refractivity contribution in [2.45, 2.75) is 315 Å². The van der Waals surface area contributed by atoms with Gasteiger partial charge in [0.15, 0.2) is 0 Å². The van der Waals surface area contributed by atoms with Gasteiger partial charge in [-0.05, 0) is 83.5 Å². The van der Waals surface area contributed by atoms with E-state index in [1.165, 1.54) is 167 Å². The van der Waals surface area contributed by atoms with Crippen LogP contribution in [-0.4, -0.2) is 46.9 Å². The van der Waals surface area contributed by atoms with Crippen LogP contribution in [0.2, 0.25) is 0 Å². The molecule has 0 heterocycles. The van der Waals surface area contributed by atoms with Gasteiger partial charge in [-0.2, -0.15) is 0 Å². The molecule has 0 aliphatic heterocycles. The van der Waals surface area contributed by atoms with Crippen LogP contribution in [0.3, 0.4) is 0 Å². The van der Waals surface area contributed by atoms with Crippen LogP contribution in [0.1, 0.15) is 297 Å². The van der Waals surface area contributed by atoms with Crippen molar-refractivity contribution in [2.24, 2.45) is 0 Å². The Kier molecular flexibility index (Phi) is 52.0. The molecule has 6 heteroatoms. The Hall–Kier alpha value is -2.18. The number of unbranched alkanes of at least 4 members (excludes halogenated alkanes) is 32. The summed E-state index contributed by atoms with van der Waals surface area (Å²) in [6, 6.07) is -0.716. The molecule has 3 atom stereocenters. The van der Waals surface area contributed by atoms with Crippen molar-refractivity contribution in [1.82, 2.24) is 5.32 Å². The molecule has 66 heavy (non-hydrogen) atoms. The third-order valence-electron chi connectivity index (χ3n) is 13.1. The number of carbonyl (C=O) groups excluding carboxylic acids is 2. The Balaban J connectivity index is 4.50. The summed E-state index contributed by atoms with van der Waals surface area (Å²) in [5, 5.41) is 23.9. The van der Waals surface area contributed by atoms with Gasteiger partial charge in [0.25, 0.3) is 0 Å². The van der Waals surface area contributed by atoms with Gasteiger partial charge in [-0.25, -0.2) is 0 Å². The maximum absolute atomic E-state index is 13.2. The number of aliphatic hydroxyl groups excluding tert-OH is 2. The maximum atomic E-state index is 13.2. The number of rotatable bonds is 52. The first-order chi connectivity index (χ1) is 32.5. The van der Waals surface area contributed by atoms with Crippen LogP contribution in [0.25, 0.3) is 0 Å². The predicted molar refractivity (Wildman–Crippen MR) is 287 cm³/mol. The summed E-state index contributed by atoms with van der Waals surface area (Å²) >= 11 is 0. The number of nitrogens with one attached hydrogen (secondary N) is 1. The van der Waals surface area contributed by atoms with E-state index in [9.17, 15) is 19.8 Å². The molecule has 0 saturated heterocycles. The van der Waals surface area contributed by atoms with Crippen LogP contribution in [0.15, 0.2) is 48.6 Å². The van der Waals surface area contributed by atoms with E-state index in [0.717, 1.165) is 83.5 Å². The zero-order chi connectivity index (χ0) is 48.1. The maximum Gasteiger partial charge on any atom is 0.306 e. The topological polar surface area (TPSA) is 95.9 Å². The van der Waals surface area contributed by atoms with Gasteiger partial charge in [-0.3, -0.25) is 9.59 Å². The second kappa shape index (κ2) is 53.8. The monoisotopic (exact) mass is 926 g/mol. The van der Waals surface area contributed by atoms with Crippen molar-refractivity contribution < 1.29 is 24.5 Å². The van der Waals surface area contributed by atoms with Crippen molar-refractivity contribution in [3.63, 3.8) is 0 Å². The SMILES string of the molecule is CC/C=C/C/C=C/C/C=C/CCCCC(CC(=O)NC(CO)C(O)CCCCCCCCCCCCCCCCCCC)OC(=O)CCCCCCC/C=C/CCCCCCCCCCC. The number of aliphatic hydroxyl groups is 2. The molecular weight excluding hydrogens is 815 g/mol. The van der Waals surface area contributed by atoms with Crippen molar-refractivity contribution in [3.05, 3.63) is 48.6 Å². The number of hydrogen-bond donors (Lipinski definition) is 3. The molecule has 0 saturated carbocycles. The normalized spacial score (nSPS) is 13.5. The van der Waals surface area contributed by atoms with Gasteiger partial charge in [0.1, 0.15) is 6.10 Å². The molecule has 0 bridgehead atoms. The minimum atomic E-state index is -0.800. The van der Waals surface area contributed by atoms with Crippen LogP contribution in [0, 0.1) is 0 Å². The standard InChI is InChI=1S/C60H111NO5/c1-4-7-10-13-16-19-22-25-27-29-31-33-35-38-41-44-47-50-53-60(65)66-56(51-48-45-42-39-36-24-21-18-15-12-9-6-3)54-59(64)61-57(55-62)58(63)52-49-46-43-40-37-34-32-30-28-26-23-20-17-14-11-8-5-2/h9,12,18,21,31,33,36,39,56-58,62-63H,4-8,10-11,13-17,19-20,22-30,32,34-35,37-38,40-55H2,1-3H3,(H,61,64)/b12-9+,21-18+,33-31+,39-36+. The fraction of sp³-hybridized carbons (Fsp3) is 0.833. The lowest BCUT2D eigenvalue weighted by molar-refractivity contribution is -0.151. The van der Waals surface area contributed by atoms with E-state index in [4.69, 9.17) is 4.74 Å². The molecule has 0 aromatic heterocycles. The van der Waals surface area contributed by atoms with E-state index >= 15 is 0 Å². The molecule has 0 fully saturated rings. The first-order valence-electron chi connectivity index (χ1n) is 28.9. The zero-order valence-corrected chi connectivity index (χ0v) is 44.1. The van der Waals surface area contributed by atoms with Crippen molar-refractivity contribution >= 4 is 11.9 Å². The third-order valence-corrected chi connectivity index (χ3v) is 13.1. The van der Waals surface area contributed by atoms with Crippen LogP contribution in [0.4, 0.5) is 0 Å². The van der Waals surface area contributed by atoms with Gasteiger partial charge in [-0.15, -0.1) is 0 Å². The lowest BCUT2D eigenvalue weighted by Crippen LogP contribution is -2.46. The molecule has 0 aliphatic rings. The van der Waals surface area contributed by atoms with Gasteiger partial charge in [0.05, 0.1) is 25.2 Å². The lowest BCUT2D eigenvalue weighted by atomic mass is 10.0. The molecule has 386 valence electrons. The summed E-state index contributed by atoms with van der Waals surface area (Å²) in [7, 11) is 0. The summed E-state index contributed by atoms with van der Waals surface area (Å²) in [4.78, 5) is 26.2. The molecule has 0 radical (unpaired) electrons. The summed E-state index contributed by atoms with van der Waals surface area (Å²) in [5.41, 5.74) is 0. The summed E-state index contributed by atoms with van der Waals surface area (Å²) in [5.74, 6) is -0.513.